The van der Waals surface area contributed by atoms with E-state index in [9.17, 15) is 0 Å². The first-order chi connectivity index (χ1) is 8.16. The van der Waals surface area contributed by atoms with Gasteiger partial charge in [-0.25, -0.2) is 4.68 Å². The van der Waals surface area contributed by atoms with Gasteiger partial charge in [-0.2, -0.15) is 5.10 Å². The molecule has 0 amide bonds. The van der Waals surface area contributed by atoms with E-state index in [0.717, 1.165) is 29.4 Å². The van der Waals surface area contributed by atoms with Gasteiger partial charge in [0.15, 0.2) is 0 Å². The average molecular weight is 313 g/mol. The highest BCUT2D eigenvalue weighted by molar-refractivity contribution is 9.10. The molecule has 1 aliphatic carbocycles. The highest BCUT2D eigenvalue weighted by atomic mass is 79.9. The van der Waals surface area contributed by atoms with Crippen LogP contribution in [0.5, 0.6) is 0 Å². The normalized spacial score (nSPS) is 14.0. The number of anilines is 1. The molecule has 0 saturated carbocycles. The molecule has 2 aromatic rings. The van der Waals surface area contributed by atoms with Crippen LogP contribution >= 0.6 is 27.5 Å². The lowest BCUT2D eigenvalue weighted by molar-refractivity contribution is 0.788. The largest absolute Gasteiger partial charge is 0.382 e. The molecule has 1 aromatic heterocycles. The quantitative estimate of drug-likeness (QED) is 0.877. The summed E-state index contributed by atoms with van der Waals surface area (Å²) >= 11 is 9.67. The van der Waals surface area contributed by atoms with Crippen molar-refractivity contribution in [2.75, 3.05) is 5.73 Å². The molecule has 1 heterocycles. The van der Waals surface area contributed by atoms with Crippen LogP contribution in [0, 0.1) is 0 Å². The highest BCUT2D eigenvalue weighted by Gasteiger charge is 2.22. The molecule has 2 N–H and O–H groups in total. The van der Waals surface area contributed by atoms with Crippen molar-refractivity contribution in [2.24, 2.45) is 0 Å². The summed E-state index contributed by atoms with van der Waals surface area (Å²) in [4.78, 5) is 0. The standard InChI is InChI=1S/C12H11BrClN3/c13-7-4-5-9(14)11(6-7)17-10-3-1-2-8(10)12(15)16-17/h4-6H,1-3H2,(H2,15,16). The van der Waals surface area contributed by atoms with Crippen LogP contribution in [0.3, 0.4) is 0 Å². The van der Waals surface area contributed by atoms with Crippen LogP contribution in [0.4, 0.5) is 5.82 Å². The lowest BCUT2D eigenvalue weighted by Crippen LogP contribution is -2.02. The number of rotatable bonds is 1. The van der Waals surface area contributed by atoms with Crippen molar-refractivity contribution in [3.8, 4) is 5.69 Å². The predicted octanol–water partition coefficient (Wildman–Crippen LogP) is 3.36. The average Bonchev–Trinajstić information content (AvgIpc) is 2.87. The first-order valence-electron chi connectivity index (χ1n) is 5.48. The van der Waals surface area contributed by atoms with Crippen LogP contribution in [-0.2, 0) is 12.8 Å². The van der Waals surface area contributed by atoms with Gasteiger partial charge >= 0.3 is 0 Å². The Kier molecular flexibility index (Phi) is 2.64. The number of halogens is 2. The van der Waals surface area contributed by atoms with Gasteiger partial charge < -0.3 is 5.73 Å². The third kappa shape index (κ3) is 1.76. The topological polar surface area (TPSA) is 43.8 Å². The maximum absolute atomic E-state index is 6.22. The second kappa shape index (κ2) is 4.03. The SMILES string of the molecule is Nc1nn(-c2cc(Br)ccc2Cl)c2c1CCC2. The molecule has 1 aliphatic rings. The van der Waals surface area contributed by atoms with Crippen LogP contribution in [-0.4, -0.2) is 9.78 Å². The molecular formula is C12H11BrClN3. The van der Waals surface area contributed by atoms with E-state index in [-0.39, 0.29) is 0 Å². The molecule has 3 rings (SSSR count). The Morgan fingerprint density at radius 2 is 2.18 bits per heavy atom. The van der Waals surface area contributed by atoms with Crippen molar-refractivity contribution in [1.82, 2.24) is 9.78 Å². The lowest BCUT2D eigenvalue weighted by Gasteiger charge is -2.08. The molecule has 0 unspecified atom stereocenters. The number of nitrogens with two attached hydrogens (primary N) is 1. The molecular weight excluding hydrogens is 302 g/mol. The minimum absolute atomic E-state index is 0.633. The first kappa shape index (κ1) is 11.1. The number of benzene rings is 1. The summed E-state index contributed by atoms with van der Waals surface area (Å²) in [6.07, 6.45) is 3.18. The van der Waals surface area contributed by atoms with Gasteiger partial charge in [0, 0.05) is 15.7 Å². The summed E-state index contributed by atoms with van der Waals surface area (Å²) in [5.41, 5.74) is 9.19. The second-order valence-corrected chi connectivity index (χ2v) is 5.49. The first-order valence-corrected chi connectivity index (χ1v) is 6.65. The fourth-order valence-corrected chi connectivity index (χ4v) is 2.86. The zero-order valence-corrected chi connectivity index (χ0v) is 11.4. The maximum Gasteiger partial charge on any atom is 0.149 e. The van der Waals surface area contributed by atoms with Crippen molar-refractivity contribution in [2.45, 2.75) is 19.3 Å². The van der Waals surface area contributed by atoms with Crippen LogP contribution in [0.25, 0.3) is 5.69 Å². The number of hydrogen-bond acceptors (Lipinski definition) is 2. The van der Waals surface area contributed by atoms with Crippen molar-refractivity contribution in [3.63, 3.8) is 0 Å². The zero-order valence-electron chi connectivity index (χ0n) is 9.08. The number of aromatic nitrogens is 2. The number of nitrogen functional groups attached to an aromatic ring is 1. The summed E-state index contributed by atoms with van der Waals surface area (Å²) in [6, 6.07) is 5.74. The van der Waals surface area contributed by atoms with Gasteiger partial charge in [-0.15, -0.1) is 0 Å². The van der Waals surface area contributed by atoms with Gasteiger partial charge in [0.25, 0.3) is 0 Å². The second-order valence-electron chi connectivity index (χ2n) is 4.17. The van der Waals surface area contributed by atoms with Gasteiger partial charge in [-0.1, -0.05) is 27.5 Å². The molecule has 0 saturated heterocycles. The highest BCUT2D eigenvalue weighted by Crippen LogP contribution is 2.32. The summed E-state index contributed by atoms with van der Waals surface area (Å²) in [7, 11) is 0. The van der Waals surface area contributed by atoms with E-state index in [2.05, 4.69) is 21.0 Å². The summed E-state index contributed by atoms with van der Waals surface area (Å²) in [5, 5.41) is 5.08. The molecule has 0 spiro atoms. The van der Waals surface area contributed by atoms with Gasteiger partial charge in [0.1, 0.15) is 5.82 Å². The Morgan fingerprint density at radius 3 is 3.00 bits per heavy atom. The van der Waals surface area contributed by atoms with Crippen molar-refractivity contribution >= 4 is 33.3 Å². The molecule has 0 bridgehead atoms. The van der Waals surface area contributed by atoms with E-state index in [4.69, 9.17) is 17.3 Å². The molecule has 0 atom stereocenters. The Bertz CT molecular complexity index is 592. The van der Waals surface area contributed by atoms with Gasteiger partial charge in [-0.05, 0) is 37.5 Å². The third-order valence-electron chi connectivity index (χ3n) is 3.10. The Balaban J connectivity index is 2.22. The van der Waals surface area contributed by atoms with Crippen LogP contribution < -0.4 is 5.73 Å². The zero-order chi connectivity index (χ0) is 12.0. The van der Waals surface area contributed by atoms with E-state index >= 15 is 0 Å². The minimum Gasteiger partial charge on any atom is -0.382 e. The van der Waals surface area contributed by atoms with E-state index in [0.29, 0.717) is 10.8 Å². The monoisotopic (exact) mass is 311 g/mol. The predicted molar refractivity (Wildman–Crippen MR) is 72.7 cm³/mol. The van der Waals surface area contributed by atoms with E-state index in [1.165, 1.54) is 11.3 Å². The van der Waals surface area contributed by atoms with Gasteiger partial charge in [0.05, 0.1) is 10.7 Å². The molecule has 5 heteroatoms. The van der Waals surface area contributed by atoms with Gasteiger partial charge in [0.2, 0.25) is 0 Å². The van der Waals surface area contributed by atoms with Crippen LogP contribution in [0.1, 0.15) is 17.7 Å². The van der Waals surface area contributed by atoms with E-state index < -0.39 is 0 Å². The van der Waals surface area contributed by atoms with E-state index in [1.807, 2.05) is 22.9 Å². The van der Waals surface area contributed by atoms with Crippen LogP contribution in [0.2, 0.25) is 5.02 Å². The smallest absolute Gasteiger partial charge is 0.149 e. The fraction of sp³-hybridized carbons (Fsp3) is 0.250. The molecule has 0 radical (unpaired) electrons. The van der Waals surface area contributed by atoms with Crippen LogP contribution in [0.15, 0.2) is 22.7 Å². The van der Waals surface area contributed by atoms with Crippen molar-refractivity contribution in [3.05, 3.63) is 39.0 Å². The molecule has 17 heavy (non-hydrogen) atoms. The Morgan fingerprint density at radius 1 is 1.35 bits per heavy atom. The van der Waals surface area contributed by atoms with Gasteiger partial charge in [-0.3, -0.25) is 0 Å². The minimum atomic E-state index is 0.633. The van der Waals surface area contributed by atoms with Crippen molar-refractivity contribution in [1.29, 1.82) is 0 Å². The Labute approximate surface area is 113 Å². The third-order valence-corrected chi connectivity index (χ3v) is 3.91. The molecule has 0 aliphatic heterocycles. The fourth-order valence-electron chi connectivity index (χ4n) is 2.31. The summed E-state index contributed by atoms with van der Waals surface area (Å²) in [6.45, 7) is 0. The van der Waals surface area contributed by atoms with Crippen molar-refractivity contribution < 1.29 is 0 Å². The van der Waals surface area contributed by atoms with E-state index in [1.54, 1.807) is 0 Å². The Hall–Kier alpha value is -1.00. The number of fused-ring (bicyclic) bond motifs is 1. The molecule has 0 fully saturated rings. The molecule has 1 aromatic carbocycles. The molecule has 3 nitrogen and oxygen atoms in total. The molecule has 88 valence electrons. The number of nitrogens with zero attached hydrogens (tertiary/aromatic N) is 2. The number of hydrogen-bond donors (Lipinski definition) is 1. The summed E-state index contributed by atoms with van der Waals surface area (Å²) in [5.74, 6) is 0.633. The maximum atomic E-state index is 6.22. The lowest BCUT2D eigenvalue weighted by atomic mass is 10.2. The summed E-state index contributed by atoms with van der Waals surface area (Å²) < 4.78 is 2.86.